The van der Waals surface area contributed by atoms with Crippen LogP contribution >= 0.6 is 0 Å². The van der Waals surface area contributed by atoms with Crippen molar-refractivity contribution in [2.45, 2.75) is 13.3 Å². The van der Waals surface area contributed by atoms with Crippen molar-refractivity contribution in [1.82, 2.24) is 0 Å². The van der Waals surface area contributed by atoms with Gasteiger partial charge in [-0.2, -0.15) is 0 Å². The highest BCUT2D eigenvalue weighted by Gasteiger charge is 2.15. The minimum atomic E-state index is -3.69. The second-order valence-corrected chi connectivity index (χ2v) is 5.61. The quantitative estimate of drug-likeness (QED) is 0.813. The van der Waals surface area contributed by atoms with Crippen LogP contribution in [0.2, 0.25) is 0 Å². The minimum absolute atomic E-state index is 0.300. The molecule has 2 N–H and O–H groups in total. The summed E-state index contributed by atoms with van der Waals surface area (Å²) in [4.78, 5) is 10.3. The molecular formula is C11H15NO5S. The summed E-state index contributed by atoms with van der Waals surface area (Å²) >= 11 is 0. The summed E-state index contributed by atoms with van der Waals surface area (Å²) in [6, 6.07) is 5.00. The van der Waals surface area contributed by atoms with Crippen LogP contribution in [0.3, 0.4) is 0 Å². The summed E-state index contributed by atoms with van der Waals surface area (Å²) in [6.07, 6.45) is -0.441. The number of nitrogens with one attached hydrogen (secondary N) is 1. The number of sulfonamides is 1. The number of carboxylic acid groups (broad SMARTS) is 1. The lowest BCUT2D eigenvalue weighted by Gasteiger charge is -2.11. The molecule has 1 rings (SSSR count). The van der Waals surface area contributed by atoms with Crippen molar-refractivity contribution in [2.24, 2.45) is 0 Å². The molecule has 1 aromatic rings. The van der Waals surface area contributed by atoms with Gasteiger partial charge in [-0.25, -0.2) is 8.42 Å². The Morgan fingerprint density at radius 3 is 2.67 bits per heavy atom. The van der Waals surface area contributed by atoms with Gasteiger partial charge in [0.2, 0.25) is 10.0 Å². The molecule has 0 spiro atoms. The van der Waals surface area contributed by atoms with E-state index in [1.165, 1.54) is 7.11 Å². The van der Waals surface area contributed by atoms with E-state index in [2.05, 4.69) is 4.72 Å². The number of hydrogen-bond donors (Lipinski definition) is 2. The predicted octanol–water partition coefficient (Wildman–Crippen LogP) is 1.22. The smallest absolute Gasteiger partial charge is 0.304 e. The second kappa shape index (κ2) is 5.72. The lowest BCUT2D eigenvalue weighted by molar-refractivity contribution is -0.136. The first-order chi connectivity index (χ1) is 8.34. The first-order valence-electron chi connectivity index (χ1n) is 5.21. The van der Waals surface area contributed by atoms with Crippen molar-refractivity contribution in [1.29, 1.82) is 0 Å². The van der Waals surface area contributed by atoms with Crippen molar-refractivity contribution in [3.63, 3.8) is 0 Å². The van der Waals surface area contributed by atoms with E-state index < -0.39 is 28.2 Å². The first-order valence-corrected chi connectivity index (χ1v) is 6.86. The van der Waals surface area contributed by atoms with Gasteiger partial charge in [0.25, 0.3) is 0 Å². The Morgan fingerprint density at radius 2 is 2.11 bits per heavy atom. The molecule has 6 nitrogen and oxygen atoms in total. The summed E-state index contributed by atoms with van der Waals surface area (Å²) < 4.78 is 30.6. The van der Waals surface area contributed by atoms with Crippen LogP contribution in [0.4, 0.5) is 5.69 Å². The molecule has 0 saturated carbocycles. The standard InChI is InChI=1S/C11H15NO5S/c1-8-3-4-9(10(7-8)17-2)12-18(15,16)6-5-11(13)14/h3-4,7,12H,5-6H2,1-2H3,(H,13,14). The molecule has 0 bridgehead atoms. The van der Waals surface area contributed by atoms with Gasteiger partial charge < -0.3 is 9.84 Å². The largest absolute Gasteiger partial charge is 0.495 e. The number of anilines is 1. The molecule has 18 heavy (non-hydrogen) atoms. The lowest BCUT2D eigenvalue weighted by Crippen LogP contribution is -2.19. The molecule has 0 amide bonds. The molecule has 1 aromatic carbocycles. The molecule has 0 saturated heterocycles. The van der Waals surface area contributed by atoms with E-state index in [9.17, 15) is 13.2 Å². The van der Waals surface area contributed by atoms with E-state index in [4.69, 9.17) is 9.84 Å². The van der Waals surface area contributed by atoms with Crippen LogP contribution in [0.15, 0.2) is 18.2 Å². The molecule has 0 aliphatic rings. The molecular weight excluding hydrogens is 258 g/mol. The molecule has 0 aromatic heterocycles. The van der Waals surface area contributed by atoms with Crippen molar-refractivity contribution in [2.75, 3.05) is 17.6 Å². The van der Waals surface area contributed by atoms with Gasteiger partial charge in [-0.15, -0.1) is 0 Å². The van der Waals surface area contributed by atoms with Crippen molar-refractivity contribution < 1.29 is 23.1 Å². The number of hydrogen-bond acceptors (Lipinski definition) is 4. The SMILES string of the molecule is COc1cc(C)ccc1NS(=O)(=O)CCC(=O)O. The average Bonchev–Trinajstić information content (AvgIpc) is 2.29. The Kier molecular flexibility index (Phi) is 4.55. The highest BCUT2D eigenvalue weighted by Crippen LogP contribution is 2.26. The van der Waals surface area contributed by atoms with Gasteiger partial charge in [-0.1, -0.05) is 6.07 Å². The molecule has 7 heteroatoms. The Morgan fingerprint density at radius 1 is 1.44 bits per heavy atom. The van der Waals surface area contributed by atoms with Crippen LogP contribution in [0.25, 0.3) is 0 Å². The molecule has 0 aliphatic carbocycles. The summed E-state index contributed by atoms with van der Waals surface area (Å²) in [5.74, 6) is -1.23. The van der Waals surface area contributed by atoms with Gasteiger partial charge in [-0.3, -0.25) is 9.52 Å². The Hall–Kier alpha value is -1.76. The molecule has 0 heterocycles. The maximum Gasteiger partial charge on any atom is 0.304 e. The number of ether oxygens (including phenoxy) is 1. The van der Waals surface area contributed by atoms with Crippen LogP contribution in [-0.2, 0) is 14.8 Å². The summed E-state index contributed by atoms with van der Waals surface area (Å²) in [7, 11) is -2.25. The van der Waals surface area contributed by atoms with Crippen LogP contribution in [0, 0.1) is 6.92 Å². The van der Waals surface area contributed by atoms with E-state index in [1.54, 1.807) is 18.2 Å². The first kappa shape index (κ1) is 14.3. The van der Waals surface area contributed by atoms with E-state index in [1.807, 2.05) is 6.92 Å². The number of aliphatic carboxylic acids is 1. The van der Waals surface area contributed by atoms with E-state index in [-0.39, 0.29) is 0 Å². The summed E-state index contributed by atoms with van der Waals surface area (Å²) in [5.41, 5.74) is 1.23. The van der Waals surface area contributed by atoms with Gasteiger partial charge in [0.05, 0.1) is 25.0 Å². The summed E-state index contributed by atoms with van der Waals surface area (Å²) in [6.45, 7) is 1.85. The minimum Gasteiger partial charge on any atom is -0.495 e. The zero-order chi connectivity index (χ0) is 13.8. The molecule has 0 radical (unpaired) electrons. The van der Waals surface area contributed by atoms with Crippen LogP contribution in [-0.4, -0.2) is 32.4 Å². The molecule has 0 atom stereocenters. The highest BCUT2D eigenvalue weighted by molar-refractivity contribution is 7.92. The number of carboxylic acids is 1. The number of carbonyl (C=O) groups is 1. The van der Waals surface area contributed by atoms with Crippen molar-refractivity contribution in [3.8, 4) is 5.75 Å². The number of benzene rings is 1. The maximum absolute atomic E-state index is 11.6. The molecule has 0 aliphatic heterocycles. The third-order valence-electron chi connectivity index (χ3n) is 2.21. The third-order valence-corrected chi connectivity index (χ3v) is 3.48. The molecule has 0 fully saturated rings. The van der Waals surface area contributed by atoms with Gasteiger partial charge >= 0.3 is 5.97 Å². The van der Waals surface area contributed by atoms with Crippen LogP contribution in [0.5, 0.6) is 5.75 Å². The fourth-order valence-corrected chi connectivity index (χ4v) is 2.37. The van der Waals surface area contributed by atoms with Gasteiger partial charge in [0, 0.05) is 0 Å². The zero-order valence-electron chi connectivity index (χ0n) is 10.1. The normalized spacial score (nSPS) is 11.0. The topological polar surface area (TPSA) is 92.7 Å². The van der Waals surface area contributed by atoms with Gasteiger partial charge in [0.1, 0.15) is 5.75 Å². The number of methoxy groups -OCH3 is 1. The monoisotopic (exact) mass is 273 g/mol. The summed E-state index contributed by atoms with van der Waals surface area (Å²) in [5, 5.41) is 8.46. The maximum atomic E-state index is 11.6. The van der Waals surface area contributed by atoms with Crippen molar-refractivity contribution in [3.05, 3.63) is 23.8 Å². The van der Waals surface area contributed by atoms with Crippen LogP contribution < -0.4 is 9.46 Å². The van der Waals surface area contributed by atoms with E-state index in [0.717, 1.165) is 5.56 Å². The number of rotatable bonds is 6. The Labute approximate surface area is 106 Å². The van der Waals surface area contributed by atoms with Gasteiger partial charge in [0.15, 0.2) is 0 Å². The number of aryl methyl sites for hydroxylation is 1. The lowest BCUT2D eigenvalue weighted by atomic mass is 10.2. The van der Waals surface area contributed by atoms with Crippen molar-refractivity contribution >= 4 is 21.7 Å². The van der Waals surface area contributed by atoms with Gasteiger partial charge in [-0.05, 0) is 24.6 Å². The fraction of sp³-hybridized carbons (Fsp3) is 0.364. The Bertz CT molecular complexity index is 538. The molecule has 100 valence electrons. The fourth-order valence-electron chi connectivity index (χ4n) is 1.32. The highest BCUT2D eigenvalue weighted by atomic mass is 32.2. The van der Waals surface area contributed by atoms with E-state index >= 15 is 0 Å². The molecule has 0 unspecified atom stereocenters. The Balaban J connectivity index is 2.87. The third kappa shape index (κ3) is 4.25. The van der Waals surface area contributed by atoms with Crippen LogP contribution in [0.1, 0.15) is 12.0 Å². The van der Waals surface area contributed by atoms with E-state index in [0.29, 0.717) is 11.4 Å². The second-order valence-electron chi connectivity index (χ2n) is 3.77. The average molecular weight is 273 g/mol. The predicted molar refractivity (Wildman–Crippen MR) is 67.4 cm³/mol. The zero-order valence-corrected chi connectivity index (χ0v) is 11.0.